The smallest absolute Gasteiger partial charge is 0.338 e. The molecule has 170 valence electrons. The van der Waals surface area contributed by atoms with E-state index in [1.807, 2.05) is 12.1 Å². The van der Waals surface area contributed by atoms with E-state index < -0.39 is 17.4 Å². The van der Waals surface area contributed by atoms with E-state index in [1.165, 1.54) is 11.1 Å². The molecule has 0 spiro atoms. The van der Waals surface area contributed by atoms with Gasteiger partial charge in [-0.15, -0.1) is 0 Å². The molecule has 33 heavy (non-hydrogen) atoms. The number of esters is 2. The van der Waals surface area contributed by atoms with Gasteiger partial charge in [0.15, 0.2) is 0 Å². The molecule has 0 saturated carbocycles. The highest BCUT2D eigenvalue weighted by Gasteiger charge is 2.40. The van der Waals surface area contributed by atoms with Crippen LogP contribution in [0.5, 0.6) is 11.5 Å². The lowest BCUT2D eigenvalue weighted by atomic mass is 9.86. The molecule has 0 fully saturated rings. The Hall–Kier alpha value is -3.80. The Labute approximate surface area is 193 Å². The van der Waals surface area contributed by atoms with E-state index in [2.05, 4.69) is 12.1 Å². The van der Waals surface area contributed by atoms with Crippen LogP contribution in [0.2, 0.25) is 0 Å². The summed E-state index contributed by atoms with van der Waals surface area (Å²) < 4.78 is 21.7. The Morgan fingerprint density at radius 2 is 1.06 bits per heavy atom. The lowest BCUT2D eigenvalue weighted by Crippen LogP contribution is -2.35. The zero-order valence-electron chi connectivity index (χ0n) is 18.7. The van der Waals surface area contributed by atoms with Crippen LogP contribution in [-0.2, 0) is 22.3 Å². The number of benzene rings is 3. The van der Waals surface area contributed by atoms with Crippen molar-refractivity contribution in [3.63, 3.8) is 0 Å². The van der Waals surface area contributed by atoms with Crippen LogP contribution in [0.3, 0.4) is 0 Å². The van der Waals surface area contributed by atoms with Gasteiger partial charge in [-0.2, -0.15) is 0 Å². The number of carbonyl (C=O) groups excluding carboxylic acids is 2. The van der Waals surface area contributed by atoms with E-state index in [4.69, 9.17) is 18.9 Å². The van der Waals surface area contributed by atoms with Gasteiger partial charge in [-0.3, -0.25) is 0 Å². The predicted octanol–water partition coefficient (Wildman–Crippen LogP) is 4.50. The van der Waals surface area contributed by atoms with Crippen molar-refractivity contribution >= 4 is 11.9 Å². The maximum atomic E-state index is 12.7. The summed E-state index contributed by atoms with van der Waals surface area (Å²) >= 11 is 0. The molecule has 1 aliphatic rings. The average molecular weight is 446 g/mol. The first-order valence-corrected chi connectivity index (χ1v) is 10.7. The highest BCUT2D eigenvalue weighted by atomic mass is 16.5. The number of fused-ring (bicyclic) bond motifs is 1. The van der Waals surface area contributed by atoms with Gasteiger partial charge in [0.25, 0.3) is 0 Å². The zero-order valence-corrected chi connectivity index (χ0v) is 18.7. The molecule has 0 radical (unpaired) electrons. The lowest BCUT2D eigenvalue weighted by Gasteiger charge is -2.28. The molecule has 0 amide bonds. The van der Waals surface area contributed by atoms with Gasteiger partial charge < -0.3 is 18.9 Å². The van der Waals surface area contributed by atoms with Crippen molar-refractivity contribution in [2.75, 3.05) is 27.4 Å². The van der Waals surface area contributed by atoms with Gasteiger partial charge in [0, 0.05) is 5.41 Å². The molecule has 3 aromatic carbocycles. The van der Waals surface area contributed by atoms with Crippen LogP contribution >= 0.6 is 0 Å². The molecule has 0 N–H and O–H groups in total. The second-order valence-corrected chi connectivity index (χ2v) is 8.23. The quantitative estimate of drug-likeness (QED) is 0.475. The fourth-order valence-corrected chi connectivity index (χ4v) is 4.08. The van der Waals surface area contributed by atoms with Crippen molar-refractivity contribution in [3.05, 3.63) is 95.1 Å². The van der Waals surface area contributed by atoms with Gasteiger partial charge in [0.1, 0.15) is 24.7 Å². The topological polar surface area (TPSA) is 71.1 Å². The van der Waals surface area contributed by atoms with Crippen molar-refractivity contribution in [1.82, 2.24) is 0 Å². The van der Waals surface area contributed by atoms with Crippen LogP contribution in [0.4, 0.5) is 0 Å². The van der Waals surface area contributed by atoms with Crippen LogP contribution in [0.25, 0.3) is 0 Å². The molecule has 3 aromatic rings. The standard InChI is InChI=1S/C27H26O6/c1-30-23-11-7-19(8-12-23)25(28)32-17-27(15-21-5-3-4-6-22(21)16-27)18-33-26(29)20-9-13-24(31-2)14-10-20/h3-14H,15-18H2,1-2H3. The molecule has 0 aromatic heterocycles. The van der Waals surface area contributed by atoms with Crippen molar-refractivity contribution in [3.8, 4) is 11.5 Å². The highest BCUT2D eigenvalue weighted by molar-refractivity contribution is 5.90. The van der Waals surface area contributed by atoms with Gasteiger partial charge in [0.2, 0.25) is 0 Å². The lowest BCUT2D eigenvalue weighted by molar-refractivity contribution is -0.00223. The largest absolute Gasteiger partial charge is 0.497 e. The van der Waals surface area contributed by atoms with Gasteiger partial charge in [-0.05, 0) is 72.5 Å². The molecule has 6 nitrogen and oxygen atoms in total. The fraction of sp³-hybridized carbons (Fsp3) is 0.259. The zero-order chi connectivity index (χ0) is 23.3. The molecule has 0 heterocycles. The van der Waals surface area contributed by atoms with Gasteiger partial charge in [0.05, 0.1) is 25.3 Å². The number of methoxy groups -OCH3 is 2. The van der Waals surface area contributed by atoms with Crippen molar-refractivity contribution in [2.24, 2.45) is 5.41 Å². The van der Waals surface area contributed by atoms with Crippen LogP contribution in [0.1, 0.15) is 31.8 Å². The summed E-state index contributed by atoms with van der Waals surface area (Å²) in [6, 6.07) is 21.6. The summed E-state index contributed by atoms with van der Waals surface area (Å²) in [5.74, 6) is 0.489. The summed E-state index contributed by atoms with van der Waals surface area (Å²) in [4.78, 5) is 25.3. The monoisotopic (exact) mass is 446 g/mol. The Bertz CT molecular complexity index is 1030. The summed E-state index contributed by atoms with van der Waals surface area (Å²) in [6.07, 6.45) is 1.32. The minimum absolute atomic E-state index is 0.141. The molecule has 1 aliphatic carbocycles. The number of hydrogen-bond donors (Lipinski definition) is 0. The molecule has 4 rings (SSSR count). The minimum Gasteiger partial charge on any atom is -0.497 e. The van der Waals surface area contributed by atoms with E-state index in [-0.39, 0.29) is 13.2 Å². The summed E-state index contributed by atoms with van der Waals surface area (Å²) in [5.41, 5.74) is 2.72. The number of rotatable bonds is 8. The Morgan fingerprint density at radius 3 is 1.42 bits per heavy atom. The van der Waals surface area contributed by atoms with Crippen molar-refractivity contribution in [1.29, 1.82) is 0 Å². The summed E-state index contributed by atoms with van der Waals surface area (Å²) in [5, 5.41) is 0. The first-order valence-electron chi connectivity index (χ1n) is 10.7. The van der Waals surface area contributed by atoms with Crippen LogP contribution in [0, 0.1) is 5.41 Å². The number of ether oxygens (including phenoxy) is 4. The average Bonchev–Trinajstić information content (AvgIpc) is 3.25. The predicted molar refractivity (Wildman–Crippen MR) is 123 cm³/mol. The molecular formula is C27H26O6. The first kappa shape index (κ1) is 22.4. The van der Waals surface area contributed by atoms with E-state index in [0.29, 0.717) is 35.5 Å². The minimum atomic E-state index is -0.520. The van der Waals surface area contributed by atoms with Crippen LogP contribution in [0.15, 0.2) is 72.8 Å². The molecule has 0 atom stereocenters. The third kappa shape index (κ3) is 5.17. The van der Waals surface area contributed by atoms with Gasteiger partial charge in [-0.25, -0.2) is 9.59 Å². The Kier molecular flexibility index (Phi) is 6.63. The van der Waals surface area contributed by atoms with E-state index >= 15 is 0 Å². The van der Waals surface area contributed by atoms with E-state index in [1.54, 1.807) is 62.8 Å². The molecule has 0 aliphatic heterocycles. The fourth-order valence-electron chi connectivity index (χ4n) is 4.08. The van der Waals surface area contributed by atoms with Crippen molar-refractivity contribution in [2.45, 2.75) is 12.8 Å². The molecule has 0 saturated heterocycles. The highest BCUT2D eigenvalue weighted by Crippen LogP contribution is 2.38. The number of hydrogen-bond acceptors (Lipinski definition) is 6. The Balaban J connectivity index is 1.46. The third-order valence-corrected chi connectivity index (χ3v) is 5.92. The second kappa shape index (κ2) is 9.77. The second-order valence-electron chi connectivity index (χ2n) is 8.23. The third-order valence-electron chi connectivity index (χ3n) is 5.92. The van der Waals surface area contributed by atoms with E-state index in [9.17, 15) is 9.59 Å². The maximum Gasteiger partial charge on any atom is 0.338 e. The van der Waals surface area contributed by atoms with Crippen LogP contribution in [-0.4, -0.2) is 39.4 Å². The van der Waals surface area contributed by atoms with Crippen LogP contribution < -0.4 is 9.47 Å². The van der Waals surface area contributed by atoms with Gasteiger partial charge in [-0.1, -0.05) is 24.3 Å². The molecular weight excluding hydrogens is 420 g/mol. The summed E-state index contributed by atoms with van der Waals surface area (Å²) in [6.45, 7) is 0.283. The SMILES string of the molecule is COc1ccc(C(=O)OCC2(COC(=O)c3ccc(OC)cc3)Cc3ccccc3C2)cc1. The maximum absolute atomic E-state index is 12.7. The molecule has 0 bridgehead atoms. The summed E-state index contributed by atoms with van der Waals surface area (Å²) in [7, 11) is 3.14. The molecule has 0 unspecified atom stereocenters. The van der Waals surface area contributed by atoms with Crippen molar-refractivity contribution < 1.29 is 28.5 Å². The van der Waals surface area contributed by atoms with Gasteiger partial charge >= 0.3 is 11.9 Å². The van der Waals surface area contributed by atoms with E-state index in [0.717, 1.165) is 0 Å². The molecule has 6 heteroatoms. The normalized spacial score (nSPS) is 13.6. The Morgan fingerprint density at radius 1 is 0.667 bits per heavy atom. The number of carbonyl (C=O) groups is 2. The first-order chi connectivity index (χ1) is 16.0.